The lowest BCUT2D eigenvalue weighted by atomic mass is 9.49. The average Bonchev–Trinajstić information content (AvgIpc) is 2.67. The van der Waals surface area contributed by atoms with Crippen LogP contribution in [0, 0.1) is 11.3 Å². The molecule has 2 atom stereocenters. The molecule has 1 aromatic rings. The van der Waals surface area contributed by atoms with Gasteiger partial charge in [-0.25, -0.2) is 0 Å². The molecule has 1 aromatic carbocycles. The van der Waals surface area contributed by atoms with Gasteiger partial charge in [0.1, 0.15) is 5.41 Å². The summed E-state index contributed by atoms with van der Waals surface area (Å²) in [6.45, 7) is 21.2. The monoisotopic (exact) mass is 458 g/mol. The van der Waals surface area contributed by atoms with Crippen molar-refractivity contribution in [1.29, 1.82) is 0 Å². The molecule has 3 rings (SSSR count). The van der Waals surface area contributed by atoms with Crippen molar-refractivity contribution in [3.8, 4) is 11.5 Å². The molecule has 0 spiro atoms. The van der Waals surface area contributed by atoms with Gasteiger partial charge in [0.2, 0.25) is 0 Å². The number of carbonyl (C=O) groups excluding carboxylic acids is 1. The summed E-state index contributed by atoms with van der Waals surface area (Å²) >= 11 is 0. The number of fused-ring (bicyclic) bond motifs is 3. The molecule has 2 unspecified atom stereocenters. The highest BCUT2D eigenvalue weighted by atomic mass is 16.5. The molecule has 4 heteroatoms. The van der Waals surface area contributed by atoms with Crippen LogP contribution in [0.4, 0.5) is 0 Å². The van der Waals surface area contributed by atoms with Crippen LogP contribution < -0.4 is 9.47 Å². The highest BCUT2D eigenvalue weighted by molar-refractivity contribution is 5.87. The van der Waals surface area contributed by atoms with Crippen LogP contribution in [0.1, 0.15) is 118 Å². The van der Waals surface area contributed by atoms with Crippen LogP contribution in [0.25, 0.3) is 0 Å². The van der Waals surface area contributed by atoms with E-state index in [4.69, 9.17) is 14.2 Å². The number of carbonyl (C=O) groups is 1. The Morgan fingerprint density at radius 1 is 0.909 bits per heavy atom. The lowest BCUT2D eigenvalue weighted by molar-refractivity contribution is -0.163. The van der Waals surface area contributed by atoms with Crippen LogP contribution in [0.2, 0.25) is 0 Å². The number of hydrogen-bond acceptors (Lipinski definition) is 4. The molecule has 0 aromatic heterocycles. The molecule has 1 saturated carbocycles. The van der Waals surface area contributed by atoms with E-state index >= 15 is 0 Å². The Morgan fingerprint density at radius 3 is 2.06 bits per heavy atom. The molecular formula is C29H46O4. The summed E-state index contributed by atoms with van der Waals surface area (Å²) in [7, 11) is 0. The number of rotatable bonds is 7. The molecule has 0 bridgehead atoms. The van der Waals surface area contributed by atoms with Gasteiger partial charge >= 0.3 is 5.97 Å². The molecule has 0 N–H and O–H groups in total. The Kier molecular flexibility index (Phi) is 7.46. The van der Waals surface area contributed by atoms with Gasteiger partial charge < -0.3 is 14.2 Å². The number of ether oxygens (including phenoxy) is 3. The SMILES string of the molecule is CC(C)OC(=O)C12CCCC(C)(C)C1CCc1cc(C(C)C)c(OC(C)C)c(OC(C)C)c12. The van der Waals surface area contributed by atoms with Gasteiger partial charge in [-0.2, -0.15) is 0 Å². The summed E-state index contributed by atoms with van der Waals surface area (Å²) in [4.78, 5) is 14.1. The first kappa shape index (κ1) is 25.9. The summed E-state index contributed by atoms with van der Waals surface area (Å²) in [5, 5.41) is 0. The Hall–Kier alpha value is -1.71. The molecule has 1 fully saturated rings. The van der Waals surface area contributed by atoms with Gasteiger partial charge in [-0.1, -0.05) is 40.2 Å². The minimum absolute atomic E-state index is 0.0100. The number of benzene rings is 1. The highest BCUT2D eigenvalue weighted by Gasteiger charge is 2.59. The van der Waals surface area contributed by atoms with Crippen LogP contribution in [0.5, 0.6) is 11.5 Å². The van der Waals surface area contributed by atoms with Crippen molar-refractivity contribution in [2.75, 3.05) is 0 Å². The summed E-state index contributed by atoms with van der Waals surface area (Å²) < 4.78 is 19.1. The molecular weight excluding hydrogens is 412 g/mol. The fraction of sp³-hybridized carbons (Fsp3) is 0.759. The van der Waals surface area contributed by atoms with Crippen LogP contribution in [-0.4, -0.2) is 24.3 Å². The van der Waals surface area contributed by atoms with Crippen molar-refractivity contribution < 1.29 is 19.0 Å². The van der Waals surface area contributed by atoms with E-state index in [1.54, 1.807) is 0 Å². The topological polar surface area (TPSA) is 44.8 Å². The normalized spacial score (nSPS) is 24.1. The van der Waals surface area contributed by atoms with E-state index in [9.17, 15) is 4.79 Å². The van der Waals surface area contributed by atoms with E-state index < -0.39 is 5.41 Å². The average molecular weight is 459 g/mol. The van der Waals surface area contributed by atoms with Crippen LogP contribution in [-0.2, 0) is 21.4 Å². The zero-order valence-corrected chi connectivity index (χ0v) is 22.6. The van der Waals surface area contributed by atoms with Crippen molar-refractivity contribution in [2.45, 2.75) is 131 Å². The molecule has 0 heterocycles. The van der Waals surface area contributed by atoms with Crippen molar-refractivity contribution in [2.24, 2.45) is 11.3 Å². The van der Waals surface area contributed by atoms with Gasteiger partial charge in [-0.3, -0.25) is 4.79 Å². The maximum Gasteiger partial charge on any atom is 0.317 e. The highest BCUT2D eigenvalue weighted by Crippen LogP contribution is 2.61. The first-order chi connectivity index (χ1) is 15.3. The van der Waals surface area contributed by atoms with Gasteiger partial charge in [0.25, 0.3) is 0 Å². The molecule has 0 saturated heterocycles. The minimum atomic E-state index is -0.700. The van der Waals surface area contributed by atoms with Crippen molar-refractivity contribution in [3.05, 3.63) is 22.8 Å². The smallest absolute Gasteiger partial charge is 0.317 e. The molecule has 4 nitrogen and oxygen atoms in total. The van der Waals surface area contributed by atoms with Gasteiger partial charge in [0.15, 0.2) is 11.5 Å². The van der Waals surface area contributed by atoms with Crippen molar-refractivity contribution in [1.82, 2.24) is 0 Å². The van der Waals surface area contributed by atoms with Crippen LogP contribution >= 0.6 is 0 Å². The maximum atomic E-state index is 14.1. The Labute approximate surface area is 201 Å². The zero-order valence-electron chi connectivity index (χ0n) is 22.6. The molecule has 186 valence electrons. The summed E-state index contributed by atoms with van der Waals surface area (Å²) in [5.74, 6) is 2.01. The Bertz CT molecular complexity index is 865. The van der Waals surface area contributed by atoms with E-state index in [1.807, 2.05) is 13.8 Å². The van der Waals surface area contributed by atoms with Crippen molar-refractivity contribution >= 4 is 5.97 Å². The standard InChI is InChI=1S/C29H46O4/c1-17(2)22-16-21-12-13-23-28(9,10)14-11-15-29(23,27(30)33-20(7)8)24(21)26(32-19(5)6)25(22)31-18(3)4/h16-20,23H,11-15H2,1-10H3. The van der Waals surface area contributed by atoms with Crippen LogP contribution in [0.15, 0.2) is 6.07 Å². The van der Waals surface area contributed by atoms with E-state index in [2.05, 4.69) is 61.5 Å². The number of esters is 1. The quantitative estimate of drug-likeness (QED) is 0.401. The predicted molar refractivity (Wildman–Crippen MR) is 134 cm³/mol. The van der Waals surface area contributed by atoms with E-state index in [0.717, 1.165) is 49.2 Å². The maximum absolute atomic E-state index is 14.1. The lowest BCUT2D eigenvalue weighted by Crippen LogP contribution is -2.55. The third-order valence-electron chi connectivity index (χ3n) is 7.46. The van der Waals surface area contributed by atoms with Crippen LogP contribution in [0.3, 0.4) is 0 Å². The predicted octanol–water partition coefficient (Wildman–Crippen LogP) is 7.35. The first-order valence-electron chi connectivity index (χ1n) is 13.1. The third-order valence-corrected chi connectivity index (χ3v) is 7.46. The summed E-state index contributed by atoms with van der Waals surface area (Å²) in [6, 6.07) is 2.30. The molecule has 0 amide bonds. The molecule has 2 aliphatic carbocycles. The summed E-state index contributed by atoms with van der Waals surface area (Å²) in [6.07, 6.45) is 4.71. The van der Waals surface area contributed by atoms with Gasteiger partial charge in [-0.15, -0.1) is 0 Å². The number of hydrogen-bond donors (Lipinski definition) is 0. The van der Waals surface area contributed by atoms with E-state index in [0.29, 0.717) is 0 Å². The minimum Gasteiger partial charge on any atom is -0.487 e. The second-order valence-corrected chi connectivity index (χ2v) is 12.0. The largest absolute Gasteiger partial charge is 0.487 e. The second kappa shape index (κ2) is 9.50. The molecule has 2 aliphatic rings. The molecule has 33 heavy (non-hydrogen) atoms. The molecule has 0 aliphatic heterocycles. The first-order valence-corrected chi connectivity index (χ1v) is 13.1. The molecule has 0 radical (unpaired) electrons. The fourth-order valence-corrected chi connectivity index (χ4v) is 6.28. The second-order valence-electron chi connectivity index (χ2n) is 12.0. The van der Waals surface area contributed by atoms with E-state index in [1.165, 1.54) is 11.1 Å². The van der Waals surface area contributed by atoms with Gasteiger partial charge in [-0.05, 0) is 90.0 Å². The Morgan fingerprint density at radius 2 is 1.52 bits per heavy atom. The van der Waals surface area contributed by atoms with Gasteiger partial charge in [0, 0.05) is 11.1 Å². The Balaban J connectivity index is 2.40. The fourth-order valence-electron chi connectivity index (χ4n) is 6.28. The number of aryl methyl sites for hydroxylation is 1. The van der Waals surface area contributed by atoms with E-state index in [-0.39, 0.29) is 41.5 Å². The van der Waals surface area contributed by atoms with Crippen molar-refractivity contribution in [3.63, 3.8) is 0 Å². The van der Waals surface area contributed by atoms with Gasteiger partial charge in [0.05, 0.1) is 18.3 Å². The zero-order chi connectivity index (χ0) is 24.7. The lowest BCUT2D eigenvalue weighted by Gasteiger charge is -2.54. The summed E-state index contributed by atoms with van der Waals surface area (Å²) in [5.41, 5.74) is 2.80. The third kappa shape index (κ3) is 4.77.